The highest BCUT2D eigenvalue weighted by Gasteiger charge is 2.10. The van der Waals surface area contributed by atoms with Crippen molar-refractivity contribution >= 4 is 5.69 Å². The summed E-state index contributed by atoms with van der Waals surface area (Å²) in [5.74, 6) is 1.21. The lowest BCUT2D eigenvalue weighted by Crippen LogP contribution is -1.92. The van der Waals surface area contributed by atoms with Crippen molar-refractivity contribution in [1.82, 2.24) is 10.1 Å². The molecule has 0 aliphatic heterocycles. The van der Waals surface area contributed by atoms with E-state index in [-0.39, 0.29) is 0 Å². The highest BCUT2D eigenvalue weighted by Crippen LogP contribution is 2.22. The number of hydrogen-bond acceptors (Lipinski definition) is 4. The summed E-state index contributed by atoms with van der Waals surface area (Å²) in [6.45, 7) is 4.03. The Morgan fingerprint density at radius 2 is 1.95 bits per heavy atom. The quantitative estimate of drug-likeness (QED) is 0.745. The number of nitrogens with zero attached hydrogens (tertiary/aromatic N) is 2. The molecule has 0 bridgehead atoms. The summed E-state index contributed by atoms with van der Waals surface area (Å²) in [6.07, 6.45) is 0.666. The zero-order chi connectivity index (χ0) is 14.8. The van der Waals surface area contributed by atoms with E-state index in [0.717, 1.165) is 16.8 Å². The molecule has 4 heteroatoms. The number of benzene rings is 2. The van der Waals surface area contributed by atoms with Crippen LogP contribution < -0.4 is 5.73 Å². The molecule has 0 atom stereocenters. The van der Waals surface area contributed by atoms with Gasteiger partial charge in [-0.15, -0.1) is 0 Å². The fraction of sp³-hybridized carbons (Fsp3) is 0.176. The number of nitrogens with two attached hydrogens (primary N) is 1. The smallest absolute Gasteiger partial charge is 0.257 e. The molecule has 0 spiro atoms. The molecular formula is C17H17N3O. The average molecular weight is 279 g/mol. The first-order valence-electron chi connectivity index (χ1n) is 6.86. The number of aromatic nitrogens is 2. The maximum atomic E-state index is 5.82. The molecule has 0 amide bonds. The summed E-state index contributed by atoms with van der Waals surface area (Å²) < 4.78 is 5.35. The molecule has 2 aromatic carbocycles. The second kappa shape index (κ2) is 5.40. The van der Waals surface area contributed by atoms with Crippen LogP contribution in [0.2, 0.25) is 0 Å². The van der Waals surface area contributed by atoms with Crippen molar-refractivity contribution < 1.29 is 4.52 Å². The van der Waals surface area contributed by atoms with Crippen LogP contribution >= 0.6 is 0 Å². The molecule has 0 aliphatic rings. The first-order chi connectivity index (χ1) is 10.1. The Morgan fingerprint density at radius 1 is 1.10 bits per heavy atom. The molecule has 2 N–H and O–H groups in total. The zero-order valence-corrected chi connectivity index (χ0v) is 12.1. The Morgan fingerprint density at radius 3 is 2.71 bits per heavy atom. The number of hydrogen-bond donors (Lipinski definition) is 1. The highest BCUT2D eigenvalue weighted by atomic mass is 16.5. The van der Waals surface area contributed by atoms with Gasteiger partial charge < -0.3 is 10.3 Å². The molecule has 0 fully saturated rings. The Bertz CT molecular complexity index is 777. The molecule has 0 saturated carbocycles. The number of anilines is 1. The van der Waals surface area contributed by atoms with Gasteiger partial charge in [0.2, 0.25) is 0 Å². The topological polar surface area (TPSA) is 64.9 Å². The van der Waals surface area contributed by atoms with Crippen molar-refractivity contribution in [3.63, 3.8) is 0 Å². The predicted molar refractivity (Wildman–Crippen MR) is 82.9 cm³/mol. The van der Waals surface area contributed by atoms with E-state index < -0.39 is 0 Å². The van der Waals surface area contributed by atoms with Crippen molar-refractivity contribution in [1.29, 1.82) is 0 Å². The predicted octanol–water partition coefficient (Wildman–Crippen LogP) is 3.53. The third-order valence-corrected chi connectivity index (χ3v) is 3.43. The van der Waals surface area contributed by atoms with E-state index in [1.54, 1.807) is 0 Å². The van der Waals surface area contributed by atoms with Gasteiger partial charge in [0.05, 0.1) is 0 Å². The van der Waals surface area contributed by atoms with Gasteiger partial charge in [-0.05, 0) is 43.2 Å². The summed E-state index contributed by atoms with van der Waals surface area (Å²) in [5.41, 5.74) is 10.9. The minimum Gasteiger partial charge on any atom is -0.399 e. The van der Waals surface area contributed by atoms with Gasteiger partial charge in [-0.25, -0.2) is 0 Å². The molecule has 0 radical (unpaired) electrons. The number of aryl methyl sites for hydroxylation is 2. The summed E-state index contributed by atoms with van der Waals surface area (Å²) in [7, 11) is 0. The molecule has 4 nitrogen and oxygen atoms in total. The van der Waals surface area contributed by atoms with E-state index in [2.05, 4.69) is 35.3 Å². The molecule has 3 aromatic rings. The number of nitrogen functional groups attached to an aromatic ring is 1. The summed E-state index contributed by atoms with van der Waals surface area (Å²) in [6, 6.07) is 14.0. The molecule has 0 saturated heterocycles. The normalized spacial score (nSPS) is 10.8. The van der Waals surface area contributed by atoms with E-state index in [1.165, 1.54) is 11.1 Å². The van der Waals surface area contributed by atoms with Gasteiger partial charge in [-0.1, -0.05) is 35.0 Å². The van der Waals surface area contributed by atoms with Crippen LogP contribution in [0.25, 0.3) is 11.5 Å². The Hall–Kier alpha value is -2.62. The highest BCUT2D eigenvalue weighted by molar-refractivity contribution is 5.60. The van der Waals surface area contributed by atoms with Crippen LogP contribution in [-0.4, -0.2) is 10.1 Å². The number of rotatable bonds is 3. The minimum absolute atomic E-state index is 0.528. The molecule has 3 rings (SSSR count). The summed E-state index contributed by atoms with van der Waals surface area (Å²) in [5, 5.41) is 4.05. The monoisotopic (exact) mass is 279 g/mol. The lowest BCUT2D eigenvalue weighted by molar-refractivity contribution is 0.424. The Kier molecular flexibility index (Phi) is 3.44. The van der Waals surface area contributed by atoms with Gasteiger partial charge in [0, 0.05) is 17.7 Å². The first kappa shape index (κ1) is 13.4. The fourth-order valence-corrected chi connectivity index (χ4v) is 2.26. The summed E-state index contributed by atoms with van der Waals surface area (Å²) >= 11 is 0. The van der Waals surface area contributed by atoms with Crippen LogP contribution in [0.3, 0.4) is 0 Å². The van der Waals surface area contributed by atoms with Crippen LogP contribution in [0.5, 0.6) is 0 Å². The van der Waals surface area contributed by atoms with Gasteiger partial charge in [-0.2, -0.15) is 4.98 Å². The molecule has 0 unspecified atom stereocenters. The van der Waals surface area contributed by atoms with E-state index in [4.69, 9.17) is 10.3 Å². The Labute approximate surface area is 123 Å². The van der Waals surface area contributed by atoms with E-state index in [1.807, 2.05) is 31.2 Å². The van der Waals surface area contributed by atoms with Crippen LogP contribution in [0.4, 0.5) is 5.69 Å². The Balaban J connectivity index is 1.84. The minimum atomic E-state index is 0.528. The van der Waals surface area contributed by atoms with Crippen LogP contribution in [-0.2, 0) is 6.42 Å². The van der Waals surface area contributed by atoms with Gasteiger partial charge in [0.25, 0.3) is 5.89 Å². The van der Waals surface area contributed by atoms with Crippen molar-refractivity contribution in [3.05, 3.63) is 65.0 Å². The second-order valence-electron chi connectivity index (χ2n) is 5.25. The first-order valence-corrected chi connectivity index (χ1v) is 6.86. The lowest BCUT2D eigenvalue weighted by Gasteiger charge is -2.00. The van der Waals surface area contributed by atoms with Crippen LogP contribution in [0.1, 0.15) is 22.5 Å². The van der Waals surface area contributed by atoms with Gasteiger partial charge in [0.1, 0.15) is 0 Å². The summed E-state index contributed by atoms with van der Waals surface area (Å²) in [4.78, 5) is 4.46. The third-order valence-electron chi connectivity index (χ3n) is 3.43. The van der Waals surface area contributed by atoms with Crippen LogP contribution in [0, 0.1) is 13.8 Å². The molecule has 21 heavy (non-hydrogen) atoms. The maximum Gasteiger partial charge on any atom is 0.257 e. The van der Waals surface area contributed by atoms with Crippen molar-refractivity contribution in [2.24, 2.45) is 0 Å². The van der Waals surface area contributed by atoms with Gasteiger partial charge >= 0.3 is 0 Å². The average Bonchev–Trinajstić information content (AvgIpc) is 2.90. The molecule has 1 heterocycles. The van der Waals surface area contributed by atoms with Crippen LogP contribution in [0.15, 0.2) is 47.0 Å². The maximum absolute atomic E-state index is 5.82. The molecule has 106 valence electrons. The fourth-order valence-electron chi connectivity index (χ4n) is 2.26. The van der Waals surface area contributed by atoms with Crippen molar-refractivity contribution in [2.45, 2.75) is 20.3 Å². The van der Waals surface area contributed by atoms with E-state index in [0.29, 0.717) is 18.1 Å². The van der Waals surface area contributed by atoms with Gasteiger partial charge in [-0.3, -0.25) is 0 Å². The lowest BCUT2D eigenvalue weighted by atomic mass is 10.1. The van der Waals surface area contributed by atoms with Gasteiger partial charge in [0.15, 0.2) is 5.82 Å². The third kappa shape index (κ3) is 2.94. The standard InChI is InChI=1S/C17H17N3O/c1-11-4-3-5-13(8-11)10-16-19-17(21-20-16)14-6-7-15(18)12(2)9-14/h3-9H,10,18H2,1-2H3. The largest absolute Gasteiger partial charge is 0.399 e. The second-order valence-corrected chi connectivity index (χ2v) is 5.25. The molecule has 1 aromatic heterocycles. The van der Waals surface area contributed by atoms with Crippen molar-refractivity contribution in [2.75, 3.05) is 5.73 Å². The molecule has 0 aliphatic carbocycles. The van der Waals surface area contributed by atoms with E-state index >= 15 is 0 Å². The van der Waals surface area contributed by atoms with Crippen molar-refractivity contribution in [3.8, 4) is 11.5 Å². The van der Waals surface area contributed by atoms with E-state index in [9.17, 15) is 0 Å². The SMILES string of the molecule is Cc1cccc(Cc2noc(-c3ccc(N)c(C)c3)n2)c1. The zero-order valence-electron chi connectivity index (χ0n) is 12.1. The molecular weight excluding hydrogens is 262 g/mol.